The van der Waals surface area contributed by atoms with Crippen LogP contribution in [-0.2, 0) is 20.1 Å². The number of alkyl halides is 3. The maximum absolute atomic E-state index is 13.3. The Bertz CT molecular complexity index is 1150. The first-order valence-electron chi connectivity index (χ1n) is 8.17. The molecule has 0 N–H and O–H groups in total. The molecule has 0 fully saturated rings. The van der Waals surface area contributed by atoms with Crippen LogP contribution < -0.4 is 8.49 Å². The Kier molecular flexibility index (Phi) is 6.33. The zero-order valence-electron chi connectivity index (χ0n) is 16.1. The van der Waals surface area contributed by atoms with E-state index in [1.165, 1.54) is 13.8 Å². The third-order valence-electron chi connectivity index (χ3n) is 3.80. The van der Waals surface area contributed by atoms with Crippen LogP contribution in [0.1, 0.15) is 25.5 Å². The summed E-state index contributed by atoms with van der Waals surface area (Å²) >= 11 is 0. The minimum absolute atomic E-state index is 0.0174. The van der Waals surface area contributed by atoms with Crippen LogP contribution in [0.5, 0.6) is 5.75 Å². The van der Waals surface area contributed by atoms with E-state index in [1.807, 2.05) is 0 Å². The lowest BCUT2D eigenvalue weighted by Crippen LogP contribution is -2.30. The molecule has 0 saturated heterocycles. The van der Waals surface area contributed by atoms with Gasteiger partial charge in [-0.25, -0.2) is 27.1 Å². The Morgan fingerprint density at radius 3 is 2.00 bits per heavy atom. The SMILES string of the molecule is CC(C)c1nc(N(C)S(C)(=O)=O)nc(-c2ccc(F)cc2)c1OS(=O)(=O)C(F)(F)F. The number of hydrogen-bond acceptors (Lipinski definition) is 7. The van der Waals surface area contributed by atoms with Crippen molar-refractivity contribution in [1.29, 1.82) is 0 Å². The van der Waals surface area contributed by atoms with Crippen LogP contribution in [0.15, 0.2) is 24.3 Å². The number of hydrogen-bond donors (Lipinski definition) is 0. The Morgan fingerprint density at radius 1 is 1.03 bits per heavy atom. The molecule has 0 aliphatic carbocycles. The number of nitrogens with zero attached hydrogens (tertiary/aromatic N) is 3. The topological polar surface area (TPSA) is 107 Å². The van der Waals surface area contributed by atoms with Crippen molar-refractivity contribution in [2.75, 3.05) is 17.6 Å². The number of anilines is 1. The third-order valence-corrected chi connectivity index (χ3v) is 5.91. The molecule has 2 rings (SSSR count). The summed E-state index contributed by atoms with van der Waals surface area (Å²) in [6, 6.07) is 4.18. The number of aromatic nitrogens is 2. The number of sulfonamides is 1. The first-order valence-corrected chi connectivity index (χ1v) is 11.4. The summed E-state index contributed by atoms with van der Waals surface area (Å²) in [4.78, 5) is 7.82. The van der Waals surface area contributed by atoms with Gasteiger partial charge in [0.15, 0.2) is 5.75 Å². The number of rotatable bonds is 6. The van der Waals surface area contributed by atoms with Crippen LogP contribution in [-0.4, -0.2) is 45.6 Å². The van der Waals surface area contributed by atoms with Gasteiger partial charge in [0.2, 0.25) is 16.0 Å². The first-order chi connectivity index (χ1) is 13.5. The summed E-state index contributed by atoms with van der Waals surface area (Å²) in [6.07, 6.45) is 0.849. The van der Waals surface area contributed by atoms with E-state index in [0.29, 0.717) is 4.31 Å². The fraction of sp³-hybridized carbons (Fsp3) is 0.375. The quantitative estimate of drug-likeness (QED) is 0.362. The summed E-state index contributed by atoms with van der Waals surface area (Å²) in [5.74, 6) is -2.63. The van der Waals surface area contributed by atoms with Crippen molar-refractivity contribution in [3.63, 3.8) is 0 Å². The second-order valence-corrected chi connectivity index (χ2v) is 10.0. The monoisotopic (exact) mass is 471 g/mol. The van der Waals surface area contributed by atoms with Crippen LogP contribution in [0.4, 0.5) is 23.5 Å². The lowest BCUT2D eigenvalue weighted by molar-refractivity contribution is -0.0500. The Hall–Kier alpha value is -2.48. The van der Waals surface area contributed by atoms with Gasteiger partial charge in [-0.15, -0.1) is 0 Å². The van der Waals surface area contributed by atoms with E-state index in [1.54, 1.807) is 0 Å². The number of benzene rings is 1. The molecule has 30 heavy (non-hydrogen) atoms. The molecule has 0 unspecified atom stereocenters. The highest BCUT2D eigenvalue weighted by Crippen LogP contribution is 2.39. The summed E-state index contributed by atoms with van der Waals surface area (Å²) < 4.78 is 104. The van der Waals surface area contributed by atoms with Gasteiger partial charge in [0.05, 0.1) is 11.9 Å². The molecule has 0 saturated carbocycles. The average molecular weight is 471 g/mol. The van der Waals surface area contributed by atoms with E-state index in [0.717, 1.165) is 37.6 Å². The van der Waals surface area contributed by atoms with Crippen LogP contribution >= 0.6 is 0 Å². The molecule has 0 spiro atoms. The molecule has 166 valence electrons. The van der Waals surface area contributed by atoms with Gasteiger partial charge in [-0.2, -0.15) is 21.6 Å². The molecule has 1 aromatic heterocycles. The lowest BCUT2D eigenvalue weighted by atomic mass is 10.0. The van der Waals surface area contributed by atoms with Gasteiger partial charge in [-0.05, 0) is 30.2 Å². The van der Waals surface area contributed by atoms with Crippen molar-refractivity contribution < 1.29 is 38.6 Å². The van der Waals surface area contributed by atoms with Gasteiger partial charge in [0.1, 0.15) is 11.5 Å². The van der Waals surface area contributed by atoms with Crippen LogP contribution in [0.25, 0.3) is 11.3 Å². The maximum atomic E-state index is 13.3. The Balaban J connectivity index is 2.88. The van der Waals surface area contributed by atoms with Gasteiger partial charge in [-0.1, -0.05) is 13.8 Å². The molecule has 0 aliphatic heterocycles. The largest absolute Gasteiger partial charge is 0.534 e. The molecule has 0 radical (unpaired) electrons. The minimum Gasteiger partial charge on any atom is -0.372 e. The molecule has 0 aliphatic rings. The van der Waals surface area contributed by atoms with E-state index in [4.69, 9.17) is 0 Å². The molecule has 14 heteroatoms. The van der Waals surface area contributed by atoms with E-state index >= 15 is 0 Å². The highest BCUT2D eigenvalue weighted by molar-refractivity contribution is 7.92. The fourth-order valence-electron chi connectivity index (χ4n) is 2.18. The molecule has 0 amide bonds. The van der Waals surface area contributed by atoms with E-state index < -0.39 is 54.8 Å². The van der Waals surface area contributed by atoms with Gasteiger partial charge in [0.25, 0.3) is 0 Å². The molecular weight excluding hydrogens is 454 g/mol. The highest BCUT2D eigenvalue weighted by atomic mass is 32.2. The second-order valence-electron chi connectivity index (χ2n) is 6.46. The molecular formula is C16H17F4N3O5S2. The highest BCUT2D eigenvalue weighted by Gasteiger charge is 2.49. The molecule has 0 bridgehead atoms. The van der Waals surface area contributed by atoms with Gasteiger partial charge < -0.3 is 4.18 Å². The van der Waals surface area contributed by atoms with Crippen molar-refractivity contribution in [1.82, 2.24) is 9.97 Å². The zero-order chi connectivity index (χ0) is 23.1. The van der Waals surface area contributed by atoms with Gasteiger partial charge in [0, 0.05) is 12.6 Å². The van der Waals surface area contributed by atoms with Crippen LogP contribution in [0.2, 0.25) is 0 Å². The molecule has 0 atom stereocenters. The normalized spacial score (nSPS) is 12.8. The summed E-state index contributed by atoms with van der Waals surface area (Å²) in [7, 11) is -8.85. The Labute approximate surface area is 170 Å². The van der Waals surface area contributed by atoms with E-state index in [2.05, 4.69) is 14.2 Å². The maximum Gasteiger partial charge on any atom is 0.534 e. The zero-order valence-corrected chi connectivity index (χ0v) is 17.7. The van der Waals surface area contributed by atoms with Crippen molar-refractivity contribution in [3.05, 3.63) is 35.8 Å². The summed E-state index contributed by atoms with van der Waals surface area (Å²) in [6.45, 7) is 2.96. The Morgan fingerprint density at radius 2 is 1.57 bits per heavy atom. The molecule has 1 aromatic carbocycles. The number of halogens is 4. The summed E-state index contributed by atoms with van der Waals surface area (Å²) in [5.41, 5.74) is -6.49. The van der Waals surface area contributed by atoms with Crippen molar-refractivity contribution in [3.8, 4) is 17.0 Å². The van der Waals surface area contributed by atoms with Crippen molar-refractivity contribution in [2.45, 2.75) is 25.3 Å². The van der Waals surface area contributed by atoms with Crippen molar-refractivity contribution >= 4 is 26.1 Å². The lowest BCUT2D eigenvalue weighted by Gasteiger charge is -2.21. The van der Waals surface area contributed by atoms with Crippen molar-refractivity contribution in [2.24, 2.45) is 0 Å². The van der Waals surface area contributed by atoms with Gasteiger partial charge >= 0.3 is 15.6 Å². The van der Waals surface area contributed by atoms with E-state index in [9.17, 15) is 34.4 Å². The van der Waals surface area contributed by atoms with Gasteiger partial charge in [-0.3, -0.25) is 0 Å². The first kappa shape index (κ1) is 23.8. The average Bonchev–Trinajstić information content (AvgIpc) is 2.59. The smallest absolute Gasteiger partial charge is 0.372 e. The molecule has 8 nitrogen and oxygen atoms in total. The second kappa shape index (κ2) is 7.98. The predicted octanol–water partition coefficient (Wildman–Crippen LogP) is 3.03. The standard InChI is InChI=1S/C16H17F4N3O5S2/c1-9(2)12-14(28-30(26,27)16(18,19)20)13(10-5-7-11(17)8-6-10)22-15(21-12)23(3)29(4,24)25/h5-9H,1-4H3. The van der Waals surface area contributed by atoms with Crippen LogP contribution in [0, 0.1) is 5.82 Å². The fourth-order valence-corrected chi connectivity index (χ4v) is 3.04. The summed E-state index contributed by atoms with van der Waals surface area (Å²) in [5, 5.41) is 0. The molecule has 2 aromatic rings. The third kappa shape index (κ3) is 4.98. The van der Waals surface area contributed by atoms with Crippen LogP contribution in [0.3, 0.4) is 0 Å². The minimum atomic E-state index is -6.09. The molecule has 1 heterocycles. The van der Waals surface area contributed by atoms with E-state index in [-0.39, 0.29) is 11.3 Å². The predicted molar refractivity (Wildman–Crippen MR) is 100 cm³/mol.